The van der Waals surface area contributed by atoms with E-state index in [1.807, 2.05) is 13.0 Å². The molecule has 0 spiro atoms. The average molecular weight is 402 g/mol. The first-order valence-electron chi connectivity index (χ1n) is 9.51. The lowest BCUT2D eigenvalue weighted by molar-refractivity contribution is 0.0597. The number of guanidine groups is 1. The maximum Gasteiger partial charge on any atom is 0.341 e. The zero-order valence-electron chi connectivity index (χ0n) is 18.0. The second-order valence-corrected chi connectivity index (χ2v) is 7.44. The van der Waals surface area contributed by atoms with Crippen LogP contribution in [0.3, 0.4) is 0 Å². The molecule has 0 aliphatic heterocycles. The number of methoxy groups -OCH3 is 2. The number of esters is 1. The molecule has 1 heterocycles. The number of aliphatic imine (C=N–C) groups is 1. The Morgan fingerprint density at radius 2 is 2.00 bits per heavy atom. The fourth-order valence-electron chi connectivity index (χ4n) is 2.53. The zero-order valence-corrected chi connectivity index (χ0v) is 18.0. The Labute approximate surface area is 171 Å². The van der Waals surface area contributed by atoms with Gasteiger partial charge in [-0.05, 0) is 24.6 Å². The number of aromatic nitrogens is 1. The Morgan fingerprint density at radius 1 is 1.24 bits per heavy atom. The first kappa shape index (κ1) is 22.3. The summed E-state index contributed by atoms with van der Waals surface area (Å²) >= 11 is 0. The van der Waals surface area contributed by atoms with Gasteiger partial charge in [0, 0.05) is 12.0 Å². The predicted octanol–water partition coefficient (Wildman–Crippen LogP) is 3.02. The van der Waals surface area contributed by atoms with Crippen molar-refractivity contribution in [2.45, 2.75) is 46.2 Å². The maximum atomic E-state index is 11.9. The SMILES string of the molecule is CCNC(=NCc1ccc(OC)c(C(=O)OC)c1)NCc1ncc(C(C)(C)C)o1. The van der Waals surface area contributed by atoms with Crippen LogP contribution in [-0.4, -0.2) is 37.7 Å². The Kier molecular flexibility index (Phi) is 7.64. The van der Waals surface area contributed by atoms with Crippen LogP contribution < -0.4 is 15.4 Å². The third-order valence-electron chi connectivity index (χ3n) is 4.13. The highest BCUT2D eigenvalue weighted by Crippen LogP contribution is 2.23. The lowest BCUT2D eigenvalue weighted by Crippen LogP contribution is -2.36. The van der Waals surface area contributed by atoms with Gasteiger partial charge in [0.25, 0.3) is 0 Å². The van der Waals surface area contributed by atoms with Gasteiger partial charge >= 0.3 is 5.97 Å². The fraction of sp³-hybridized carbons (Fsp3) is 0.476. The summed E-state index contributed by atoms with van der Waals surface area (Å²) in [5, 5.41) is 6.39. The molecule has 8 nitrogen and oxygen atoms in total. The van der Waals surface area contributed by atoms with Crippen LogP contribution in [0.4, 0.5) is 0 Å². The highest BCUT2D eigenvalue weighted by molar-refractivity contribution is 5.92. The summed E-state index contributed by atoms with van der Waals surface area (Å²) in [5.41, 5.74) is 1.14. The smallest absolute Gasteiger partial charge is 0.341 e. The van der Waals surface area contributed by atoms with Crippen molar-refractivity contribution < 1.29 is 18.7 Å². The van der Waals surface area contributed by atoms with E-state index in [2.05, 4.69) is 41.4 Å². The predicted molar refractivity (Wildman–Crippen MR) is 111 cm³/mol. The van der Waals surface area contributed by atoms with Gasteiger partial charge in [-0.15, -0.1) is 0 Å². The van der Waals surface area contributed by atoms with Crippen molar-refractivity contribution in [1.82, 2.24) is 15.6 Å². The van der Waals surface area contributed by atoms with Crippen LogP contribution in [-0.2, 0) is 23.2 Å². The molecule has 0 atom stereocenters. The summed E-state index contributed by atoms with van der Waals surface area (Å²) < 4.78 is 15.8. The number of carbonyl (C=O) groups is 1. The molecule has 1 aromatic carbocycles. The third kappa shape index (κ3) is 6.23. The Balaban J connectivity index is 2.09. The lowest BCUT2D eigenvalue weighted by Gasteiger charge is -2.13. The normalized spacial score (nSPS) is 11.9. The topological polar surface area (TPSA) is 98.0 Å². The molecule has 0 bridgehead atoms. The molecule has 0 saturated heterocycles. The Hall–Kier alpha value is -3.03. The Bertz CT molecular complexity index is 853. The van der Waals surface area contributed by atoms with Gasteiger partial charge in [-0.1, -0.05) is 26.8 Å². The first-order valence-corrected chi connectivity index (χ1v) is 9.51. The van der Waals surface area contributed by atoms with Crippen LogP contribution in [0, 0.1) is 0 Å². The summed E-state index contributed by atoms with van der Waals surface area (Å²) in [5.74, 6) is 2.07. The van der Waals surface area contributed by atoms with Crippen molar-refractivity contribution in [2.24, 2.45) is 4.99 Å². The van der Waals surface area contributed by atoms with Crippen LogP contribution in [0.5, 0.6) is 5.75 Å². The van der Waals surface area contributed by atoms with E-state index in [-0.39, 0.29) is 5.41 Å². The van der Waals surface area contributed by atoms with Crippen molar-refractivity contribution >= 4 is 11.9 Å². The molecular formula is C21H30N4O4. The molecule has 29 heavy (non-hydrogen) atoms. The molecule has 8 heteroatoms. The summed E-state index contributed by atoms with van der Waals surface area (Å²) in [6, 6.07) is 5.32. The minimum atomic E-state index is -0.448. The van der Waals surface area contributed by atoms with E-state index >= 15 is 0 Å². The molecule has 0 saturated carbocycles. The zero-order chi connectivity index (χ0) is 21.4. The van der Waals surface area contributed by atoms with E-state index < -0.39 is 5.97 Å². The van der Waals surface area contributed by atoms with Gasteiger partial charge < -0.3 is 24.5 Å². The standard InChI is InChI=1S/C21H30N4O4/c1-7-22-20(25-13-18-23-12-17(29-18)21(2,3)4)24-11-14-8-9-16(27-5)15(10-14)19(26)28-6/h8-10,12H,7,11,13H2,1-6H3,(H2,22,24,25). The summed E-state index contributed by atoms with van der Waals surface area (Å²) in [7, 11) is 2.86. The van der Waals surface area contributed by atoms with E-state index in [0.29, 0.717) is 42.8 Å². The molecule has 158 valence electrons. The van der Waals surface area contributed by atoms with E-state index in [1.54, 1.807) is 18.3 Å². The number of oxazole rings is 1. The average Bonchev–Trinajstić information content (AvgIpc) is 3.19. The van der Waals surface area contributed by atoms with Gasteiger partial charge in [0.05, 0.1) is 33.5 Å². The van der Waals surface area contributed by atoms with Gasteiger partial charge in [0.1, 0.15) is 17.1 Å². The largest absolute Gasteiger partial charge is 0.496 e. The number of nitrogens with zero attached hydrogens (tertiary/aromatic N) is 2. The highest BCUT2D eigenvalue weighted by Gasteiger charge is 2.19. The van der Waals surface area contributed by atoms with Crippen LogP contribution in [0.15, 0.2) is 33.8 Å². The molecule has 0 amide bonds. The summed E-state index contributed by atoms with van der Waals surface area (Å²) in [4.78, 5) is 20.8. The maximum absolute atomic E-state index is 11.9. The van der Waals surface area contributed by atoms with Gasteiger partial charge in [0.2, 0.25) is 5.89 Å². The second kappa shape index (κ2) is 9.95. The lowest BCUT2D eigenvalue weighted by atomic mass is 9.94. The van der Waals surface area contributed by atoms with Crippen molar-refractivity contribution in [3.63, 3.8) is 0 Å². The Morgan fingerprint density at radius 3 is 2.59 bits per heavy atom. The number of benzene rings is 1. The minimum Gasteiger partial charge on any atom is -0.496 e. The van der Waals surface area contributed by atoms with E-state index in [0.717, 1.165) is 11.3 Å². The molecule has 2 aromatic rings. The second-order valence-electron chi connectivity index (χ2n) is 7.44. The third-order valence-corrected chi connectivity index (χ3v) is 4.13. The van der Waals surface area contributed by atoms with Crippen LogP contribution in [0.25, 0.3) is 0 Å². The number of ether oxygens (including phenoxy) is 2. The molecule has 2 N–H and O–H groups in total. The molecule has 0 aliphatic carbocycles. The van der Waals surface area contributed by atoms with Gasteiger partial charge in [-0.2, -0.15) is 0 Å². The molecule has 0 radical (unpaired) electrons. The van der Waals surface area contributed by atoms with Crippen LogP contribution in [0.2, 0.25) is 0 Å². The van der Waals surface area contributed by atoms with E-state index in [1.165, 1.54) is 14.2 Å². The molecule has 0 fully saturated rings. The minimum absolute atomic E-state index is 0.0877. The molecule has 2 rings (SSSR count). The highest BCUT2D eigenvalue weighted by atomic mass is 16.5. The van der Waals surface area contributed by atoms with Gasteiger partial charge in [-0.3, -0.25) is 0 Å². The summed E-state index contributed by atoms with van der Waals surface area (Å²) in [6.45, 7) is 9.72. The van der Waals surface area contributed by atoms with Gasteiger partial charge in [0.15, 0.2) is 5.96 Å². The van der Waals surface area contributed by atoms with E-state index in [4.69, 9.17) is 13.9 Å². The quantitative estimate of drug-likeness (QED) is 0.417. The van der Waals surface area contributed by atoms with Crippen LogP contribution in [0.1, 0.15) is 55.3 Å². The van der Waals surface area contributed by atoms with Crippen molar-refractivity contribution in [3.8, 4) is 5.75 Å². The van der Waals surface area contributed by atoms with Crippen molar-refractivity contribution in [2.75, 3.05) is 20.8 Å². The molecular weight excluding hydrogens is 372 g/mol. The molecule has 0 unspecified atom stereocenters. The fourth-order valence-corrected chi connectivity index (χ4v) is 2.53. The number of rotatable bonds is 7. The van der Waals surface area contributed by atoms with Crippen molar-refractivity contribution in [1.29, 1.82) is 0 Å². The molecule has 1 aromatic heterocycles. The number of hydrogen-bond donors (Lipinski definition) is 2. The molecule has 0 aliphatic rings. The number of carbonyl (C=O) groups excluding carboxylic acids is 1. The first-order chi connectivity index (χ1) is 13.8. The number of nitrogens with one attached hydrogen (secondary N) is 2. The van der Waals surface area contributed by atoms with Gasteiger partial charge in [-0.25, -0.2) is 14.8 Å². The summed E-state index contributed by atoms with van der Waals surface area (Å²) in [6.07, 6.45) is 1.76. The van der Waals surface area contributed by atoms with Crippen molar-refractivity contribution in [3.05, 3.63) is 47.2 Å². The van der Waals surface area contributed by atoms with E-state index in [9.17, 15) is 4.79 Å². The number of hydrogen-bond acceptors (Lipinski definition) is 6. The monoisotopic (exact) mass is 402 g/mol. The van der Waals surface area contributed by atoms with Crippen LogP contribution >= 0.6 is 0 Å².